The van der Waals surface area contributed by atoms with E-state index in [1.54, 1.807) is 6.07 Å². The molecule has 78 valence electrons. The third-order valence-electron chi connectivity index (χ3n) is 2.05. The average Bonchev–Trinajstić information content (AvgIpc) is 2.73. The van der Waals surface area contributed by atoms with Gasteiger partial charge in [0.1, 0.15) is 5.82 Å². The van der Waals surface area contributed by atoms with Crippen LogP contribution in [0, 0.1) is 5.82 Å². The van der Waals surface area contributed by atoms with Crippen molar-refractivity contribution in [2.75, 3.05) is 5.43 Å². The normalized spacial score (nSPS) is 10.3. The Hall–Kier alpha value is -1.29. The molecule has 1 aromatic carbocycles. The van der Waals surface area contributed by atoms with E-state index in [9.17, 15) is 4.39 Å². The predicted molar refractivity (Wildman–Crippen MR) is 61.6 cm³/mol. The molecule has 0 bridgehead atoms. The Balaban J connectivity index is 2.02. The minimum atomic E-state index is -0.234. The lowest BCUT2D eigenvalue weighted by Gasteiger charge is -2.07. The van der Waals surface area contributed by atoms with Crippen molar-refractivity contribution in [1.82, 2.24) is 4.68 Å². The van der Waals surface area contributed by atoms with E-state index < -0.39 is 0 Å². The summed E-state index contributed by atoms with van der Waals surface area (Å²) in [7, 11) is 0. The molecule has 1 aromatic heterocycles. The quantitative estimate of drug-likeness (QED) is 0.905. The summed E-state index contributed by atoms with van der Waals surface area (Å²) in [6.07, 6.45) is 3.80. The van der Waals surface area contributed by atoms with Crippen LogP contribution in [0.2, 0.25) is 0 Å². The fourth-order valence-electron chi connectivity index (χ4n) is 1.27. The maximum atomic E-state index is 13.2. The van der Waals surface area contributed by atoms with Gasteiger partial charge in [-0.1, -0.05) is 6.07 Å². The molecule has 0 atom stereocenters. The zero-order chi connectivity index (χ0) is 10.7. The highest BCUT2D eigenvalue weighted by molar-refractivity contribution is 9.10. The lowest BCUT2D eigenvalue weighted by Crippen LogP contribution is -2.11. The van der Waals surface area contributed by atoms with E-state index >= 15 is 0 Å². The molecular weight excluding hydrogens is 259 g/mol. The molecule has 2 aromatic rings. The first kappa shape index (κ1) is 10.2. The van der Waals surface area contributed by atoms with Gasteiger partial charge in [0.25, 0.3) is 0 Å². The summed E-state index contributed by atoms with van der Waals surface area (Å²) in [4.78, 5) is 0. The summed E-state index contributed by atoms with van der Waals surface area (Å²) < 4.78 is 15.5. The molecule has 0 radical (unpaired) electrons. The van der Waals surface area contributed by atoms with E-state index in [0.29, 0.717) is 11.0 Å². The standard InChI is InChI=1S/C11H10BrFN2/c12-10-4-3-9(7-11(10)13)8-14-15-5-1-2-6-15/h1-7,14H,8H2. The first-order valence-electron chi connectivity index (χ1n) is 4.56. The molecule has 1 N–H and O–H groups in total. The highest BCUT2D eigenvalue weighted by atomic mass is 79.9. The molecule has 0 saturated carbocycles. The molecular formula is C11H10BrFN2. The van der Waals surface area contributed by atoms with Crippen molar-refractivity contribution in [3.8, 4) is 0 Å². The van der Waals surface area contributed by atoms with Gasteiger partial charge in [-0.15, -0.1) is 0 Å². The monoisotopic (exact) mass is 268 g/mol. The summed E-state index contributed by atoms with van der Waals surface area (Å²) in [6, 6.07) is 8.95. The van der Waals surface area contributed by atoms with Gasteiger partial charge in [-0.2, -0.15) is 0 Å². The molecule has 0 fully saturated rings. The van der Waals surface area contributed by atoms with Crippen molar-refractivity contribution in [3.05, 3.63) is 58.6 Å². The SMILES string of the molecule is Fc1cc(CNn2cccc2)ccc1Br. The van der Waals surface area contributed by atoms with E-state index in [-0.39, 0.29) is 5.82 Å². The smallest absolute Gasteiger partial charge is 0.137 e. The van der Waals surface area contributed by atoms with Crippen LogP contribution >= 0.6 is 15.9 Å². The molecule has 0 amide bonds. The van der Waals surface area contributed by atoms with E-state index in [1.165, 1.54) is 6.07 Å². The number of hydrogen-bond acceptors (Lipinski definition) is 1. The Morgan fingerprint density at radius 2 is 2.00 bits per heavy atom. The van der Waals surface area contributed by atoms with Gasteiger partial charge in [-0.3, -0.25) is 4.68 Å². The van der Waals surface area contributed by atoms with Crippen LogP contribution in [0.1, 0.15) is 5.56 Å². The third-order valence-corrected chi connectivity index (χ3v) is 2.70. The largest absolute Gasteiger partial charge is 0.322 e. The Labute approximate surface area is 95.8 Å². The number of rotatable bonds is 3. The molecule has 15 heavy (non-hydrogen) atoms. The van der Waals surface area contributed by atoms with Crippen molar-refractivity contribution < 1.29 is 4.39 Å². The lowest BCUT2D eigenvalue weighted by atomic mass is 10.2. The van der Waals surface area contributed by atoms with Crippen LogP contribution in [0.4, 0.5) is 4.39 Å². The van der Waals surface area contributed by atoms with Crippen molar-refractivity contribution in [2.45, 2.75) is 6.54 Å². The molecule has 0 spiro atoms. The summed E-state index contributed by atoms with van der Waals surface area (Å²) in [5.41, 5.74) is 4.03. The molecule has 1 heterocycles. The van der Waals surface area contributed by atoms with Crippen LogP contribution < -0.4 is 5.43 Å². The number of aromatic nitrogens is 1. The number of halogens is 2. The molecule has 4 heteroatoms. The second-order valence-electron chi connectivity index (χ2n) is 3.17. The molecule has 2 rings (SSSR count). The molecule has 0 aliphatic carbocycles. The zero-order valence-corrected chi connectivity index (χ0v) is 9.54. The Kier molecular flexibility index (Phi) is 3.06. The second kappa shape index (κ2) is 4.49. The first-order valence-corrected chi connectivity index (χ1v) is 5.36. The van der Waals surface area contributed by atoms with E-state index in [2.05, 4.69) is 21.4 Å². The van der Waals surface area contributed by atoms with Crippen molar-refractivity contribution in [2.24, 2.45) is 0 Å². The van der Waals surface area contributed by atoms with Gasteiger partial charge in [0.2, 0.25) is 0 Å². The topological polar surface area (TPSA) is 17.0 Å². The van der Waals surface area contributed by atoms with Gasteiger partial charge < -0.3 is 5.43 Å². The summed E-state index contributed by atoms with van der Waals surface area (Å²) in [5, 5.41) is 0. The fourth-order valence-corrected chi connectivity index (χ4v) is 1.52. The van der Waals surface area contributed by atoms with Gasteiger partial charge >= 0.3 is 0 Å². The summed E-state index contributed by atoms with van der Waals surface area (Å²) >= 11 is 3.12. The van der Waals surface area contributed by atoms with Gasteiger partial charge in [0.05, 0.1) is 11.0 Å². The third kappa shape index (κ3) is 2.59. The van der Waals surface area contributed by atoms with Gasteiger partial charge in [0, 0.05) is 12.4 Å². The van der Waals surface area contributed by atoms with E-state index in [1.807, 2.05) is 35.3 Å². The minimum Gasteiger partial charge on any atom is -0.322 e. The fraction of sp³-hybridized carbons (Fsp3) is 0.0909. The molecule has 0 aliphatic heterocycles. The minimum absolute atomic E-state index is 0.234. The Bertz CT molecular complexity index is 440. The van der Waals surface area contributed by atoms with E-state index in [0.717, 1.165) is 5.56 Å². The maximum absolute atomic E-state index is 13.2. The average molecular weight is 269 g/mol. The zero-order valence-electron chi connectivity index (χ0n) is 7.95. The van der Waals surface area contributed by atoms with Crippen molar-refractivity contribution in [3.63, 3.8) is 0 Å². The van der Waals surface area contributed by atoms with Crippen LogP contribution in [0.5, 0.6) is 0 Å². The maximum Gasteiger partial charge on any atom is 0.137 e. The summed E-state index contributed by atoms with van der Waals surface area (Å²) in [5.74, 6) is -0.234. The van der Waals surface area contributed by atoms with E-state index in [4.69, 9.17) is 0 Å². The Morgan fingerprint density at radius 3 is 2.67 bits per heavy atom. The highest BCUT2D eigenvalue weighted by Gasteiger charge is 1.99. The molecule has 0 saturated heterocycles. The van der Waals surface area contributed by atoms with Crippen LogP contribution in [-0.2, 0) is 6.54 Å². The van der Waals surface area contributed by atoms with Gasteiger partial charge in [-0.05, 0) is 45.8 Å². The second-order valence-corrected chi connectivity index (χ2v) is 4.03. The van der Waals surface area contributed by atoms with Crippen LogP contribution in [-0.4, -0.2) is 4.68 Å². The molecule has 2 nitrogen and oxygen atoms in total. The predicted octanol–water partition coefficient (Wildman–Crippen LogP) is 3.13. The van der Waals surface area contributed by atoms with Crippen LogP contribution in [0.15, 0.2) is 47.2 Å². The van der Waals surface area contributed by atoms with Gasteiger partial charge in [-0.25, -0.2) is 4.39 Å². The van der Waals surface area contributed by atoms with Crippen LogP contribution in [0.3, 0.4) is 0 Å². The van der Waals surface area contributed by atoms with Crippen molar-refractivity contribution in [1.29, 1.82) is 0 Å². The molecule has 0 unspecified atom stereocenters. The number of nitrogens with zero attached hydrogens (tertiary/aromatic N) is 1. The van der Waals surface area contributed by atoms with Gasteiger partial charge in [0.15, 0.2) is 0 Å². The van der Waals surface area contributed by atoms with Crippen molar-refractivity contribution >= 4 is 15.9 Å². The number of benzene rings is 1. The van der Waals surface area contributed by atoms with Crippen LogP contribution in [0.25, 0.3) is 0 Å². The lowest BCUT2D eigenvalue weighted by molar-refractivity contribution is 0.618. The number of nitrogens with one attached hydrogen (secondary N) is 1. The number of hydrogen-bond donors (Lipinski definition) is 1. The molecule has 0 aliphatic rings. The Morgan fingerprint density at radius 1 is 1.27 bits per heavy atom. The summed E-state index contributed by atoms with van der Waals surface area (Å²) in [6.45, 7) is 0.596. The highest BCUT2D eigenvalue weighted by Crippen LogP contribution is 2.16. The first-order chi connectivity index (χ1) is 7.25.